The number of phenols is 2. The number of nitrogens with zero attached hydrogens (tertiary/aromatic N) is 1. The van der Waals surface area contributed by atoms with Crippen molar-refractivity contribution in [1.82, 2.24) is 0 Å². The van der Waals surface area contributed by atoms with Gasteiger partial charge in [-0.15, -0.1) is 5.76 Å². The number of aromatic hydroxyl groups is 2. The van der Waals surface area contributed by atoms with Crippen LogP contribution in [0.3, 0.4) is 0 Å². The van der Waals surface area contributed by atoms with E-state index in [0.29, 0.717) is 71.7 Å². The number of rotatable bonds is 18. The first kappa shape index (κ1) is 43.4. The lowest BCUT2D eigenvalue weighted by molar-refractivity contribution is -0.307. The van der Waals surface area contributed by atoms with Gasteiger partial charge in [-0.1, -0.05) is 87.8 Å². The number of carbonyl (C=O) groups is 1. The van der Waals surface area contributed by atoms with Gasteiger partial charge in [-0.2, -0.15) is 0 Å². The summed E-state index contributed by atoms with van der Waals surface area (Å²) in [5, 5.41) is 46.0. The molecule has 3 aromatic carbocycles. The number of fused-ring (bicyclic) bond motifs is 2. The number of phenolic OH excluding ortho intramolecular Hbond substituents is 2. The number of benzene rings is 3. The maximum absolute atomic E-state index is 13.7. The molecule has 0 aromatic heterocycles. The molecule has 59 heavy (non-hydrogen) atoms. The zero-order valence-electron chi connectivity index (χ0n) is 34.6. The Balaban J connectivity index is 1.10. The van der Waals surface area contributed by atoms with Crippen LogP contribution in [-0.2, 0) is 17.6 Å². The number of carbonyl (C=O) groups excluding carboxylic acids is 1. The van der Waals surface area contributed by atoms with Crippen LogP contribution < -0.4 is 21.3 Å². The van der Waals surface area contributed by atoms with Crippen LogP contribution in [0.25, 0.3) is 0 Å². The lowest BCUT2D eigenvalue weighted by Crippen LogP contribution is -2.21. The second-order valence-electron chi connectivity index (χ2n) is 16.8. The van der Waals surface area contributed by atoms with E-state index in [-0.39, 0.29) is 47.6 Å². The van der Waals surface area contributed by atoms with Crippen molar-refractivity contribution >= 4 is 11.5 Å². The Hall–Kier alpha value is -5.14. The summed E-state index contributed by atoms with van der Waals surface area (Å²) in [7, 11) is 0. The molecule has 312 valence electrons. The highest BCUT2D eigenvalue weighted by atomic mass is 16.5. The van der Waals surface area contributed by atoms with Gasteiger partial charge < -0.3 is 36.6 Å². The summed E-state index contributed by atoms with van der Waals surface area (Å²) in [6.07, 6.45) is 17.3. The number of aliphatic imine (C=N–C) groups is 1. The van der Waals surface area contributed by atoms with Gasteiger partial charge in [-0.3, -0.25) is 9.79 Å². The summed E-state index contributed by atoms with van der Waals surface area (Å²) in [6.45, 7) is 4.78. The van der Waals surface area contributed by atoms with Gasteiger partial charge in [0.15, 0.2) is 17.3 Å². The van der Waals surface area contributed by atoms with Crippen molar-refractivity contribution in [2.75, 3.05) is 6.61 Å². The summed E-state index contributed by atoms with van der Waals surface area (Å²) in [5.41, 5.74) is 17.6. The van der Waals surface area contributed by atoms with E-state index < -0.39 is 12.1 Å². The molecule has 1 fully saturated rings. The maximum Gasteiger partial charge on any atom is 0.161 e. The standard InChI is InChI=1S/C50H61N3O6/c1-3-4-5-7-33(2)18-23-50(25-20-39(55)32-50)24-19-38(54)14-10-34-12-17-46(57)48(29-34)59-27-22-35-11-16-45(56)43(28-35)42-31-47(58)41-21-26-53-44(41)9-6-8-36-30-37(49(51)52)13-15-40(36)42/h11-13,15-17,19,21,24,26,28-30,33,39,42,49,55-58H,3-5,7,9-10,14,18,20,22-23,25,27,31-32,51-52H2,1-2H3/p-1/b24-19+,47-41?/t33-,39-,42+,50+/m0/s1. The highest BCUT2D eigenvalue weighted by Crippen LogP contribution is 2.45. The topological polar surface area (TPSA) is 174 Å². The Labute approximate surface area is 349 Å². The highest BCUT2D eigenvalue weighted by Gasteiger charge is 2.36. The van der Waals surface area contributed by atoms with Crippen LogP contribution in [0.15, 0.2) is 95.3 Å². The number of nitrogens with two attached hydrogens (primary N) is 2. The van der Waals surface area contributed by atoms with E-state index in [1.54, 1.807) is 36.6 Å². The summed E-state index contributed by atoms with van der Waals surface area (Å²) in [6, 6.07) is 16.1. The molecule has 9 heteroatoms. The predicted octanol–water partition coefficient (Wildman–Crippen LogP) is 8.08. The normalized spacial score (nSPS) is 20.6. The Morgan fingerprint density at radius 3 is 2.59 bits per heavy atom. The van der Waals surface area contributed by atoms with Gasteiger partial charge in [0.1, 0.15) is 5.75 Å². The second kappa shape index (κ2) is 20.2. The average molecular weight is 799 g/mol. The summed E-state index contributed by atoms with van der Waals surface area (Å²) in [4.78, 5) is 17.5. The first-order chi connectivity index (χ1) is 28.4. The molecule has 0 amide bonds. The SMILES string of the molecule is CCCCC[C@H](C)CC[C@@]1(/C=C/C(=O)CCc2ccc(O)c(OCCc3ccc(O)c([C@@H]4CC([O-])=C5C=CN=C5CC#Cc5cc(C(N)N)ccc54)c3)c2)CC[C@H](O)C1. The van der Waals surface area contributed by atoms with Gasteiger partial charge in [0, 0.05) is 36.1 Å². The van der Waals surface area contributed by atoms with E-state index in [2.05, 4.69) is 36.8 Å². The van der Waals surface area contributed by atoms with Crippen molar-refractivity contribution in [2.45, 2.75) is 122 Å². The number of hydrogen-bond donors (Lipinski definition) is 5. The number of aryl methyl sites for hydroxylation is 1. The molecule has 0 spiro atoms. The first-order valence-corrected chi connectivity index (χ1v) is 21.4. The van der Waals surface area contributed by atoms with E-state index in [4.69, 9.17) is 16.2 Å². The fourth-order valence-corrected chi connectivity index (χ4v) is 8.64. The monoisotopic (exact) mass is 798 g/mol. The molecule has 4 atom stereocenters. The van der Waals surface area contributed by atoms with Crippen molar-refractivity contribution in [1.29, 1.82) is 0 Å². The van der Waals surface area contributed by atoms with Crippen LogP contribution in [-0.4, -0.2) is 39.5 Å². The number of hydrogen-bond acceptors (Lipinski definition) is 9. The minimum absolute atomic E-state index is 0.00712. The largest absolute Gasteiger partial charge is 0.875 e. The Morgan fingerprint density at radius 1 is 1.03 bits per heavy atom. The molecular weight excluding hydrogens is 739 g/mol. The van der Waals surface area contributed by atoms with Gasteiger partial charge >= 0.3 is 0 Å². The van der Waals surface area contributed by atoms with E-state index in [0.717, 1.165) is 42.4 Å². The Bertz CT molecular complexity index is 2160. The molecule has 3 aromatic rings. The van der Waals surface area contributed by atoms with Crippen LogP contribution >= 0.6 is 0 Å². The van der Waals surface area contributed by atoms with Crippen molar-refractivity contribution < 1.29 is 30.0 Å². The molecule has 0 unspecified atom stereocenters. The predicted molar refractivity (Wildman–Crippen MR) is 232 cm³/mol. The van der Waals surface area contributed by atoms with Crippen LogP contribution in [0.5, 0.6) is 17.2 Å². The van der Waals surface area contributed by atoms with Crippen molar-refractivity contribution in [3.8, 4) is 29.1 Å². The lowest BCUT2D eigenvalue weighted by atomic mass is 9.78. The number of ketones is 1. The highest BCUT2D eigenvalue weighted by molar-refractivity contribution is 6.06. The molecule has 1 aliphatic heterocycles. The van der Waals surface area contributed by atoms with Gasteiger partial charge in [0.05, 0.1) is 31.0 Å². The summed E-state index contributed by atoms with van der Waals surface area (Å²) in [5.74, 6) is 6.88. The quantitative estimate of drug-likeness (QED) is 0.0372. The minimum atomic E-state index is -0.697. The van der Waals surface area contributed by atoms with E-state index in [1.807, 2.05) is 36.4 Å². The number of allylic oxidation sites excluding steroid dienone is 5. The van der Waals surface area contributed by atoms with Gasteiger partial charge in [-0.05, 0) is 121 Å². The Kier molecular flexibility index (Phi) is 14.9. The lowest BCUT2D eigenvalue weighted by Gasteiger charge is -2.27. The third-order valence-corrected chi connectivity index (χ3v) is 12.3. The molecule has 0 bridgehead atoms. The third-order valence-electron chi connectivity index (χ3n) is 12.3. The molecule has 2 aliphatic carbocycles. The van der Waals surface area contributed by atoms with Gasteiger partial charge in [0.25, 0.3) is 0 Å². The zero-order chi connectivity index (χ0) is 41.9. The molecule has 0 radical (unpaired) electrons. The fourth-order valence-electron chi connectivity index (χ4n) is 8.64. The average Bonchev–Trinajstić information content (AvgIpc) is 3.85. The van der Waals surface area contributed by atoms with Gasteiger partial charge in [-0.25, -0.2) is 0 Å². The van der Waals surface area contributed by atoms with Crippen molar-refractivity contribution in [2.24, 2.45) is 27.8 Å². The molecule has 6 rings (SSSR count). The summed E-state index contributed by atoms with van der Waals surface area (Å²) >= 11 is 0. The molecule has 1 saturated carbocycles. The molecular formula is C50H60N3O6-. The van der Waals surface area contributed by atoms with E-state index >= 15 is 0 Å². The van der Waals surface area contributed by atoms with Gasteiger partial charge in [0.2, 0.25) is 0 Å². The number of unbranched alkanes of at least 4 members (excludes halogenated alkanes) is 2. The van der Waals surface area contributed by atoms with Crippen LogP contribution in [0, 0.1) is 23.2 Å². The minimum Gasteiger partial charge on any atom is -0.875 e. The molecule has 0 saturated heterocycles. The van der Waals surface area contributed by atoms with Crippen LogP contribution in [0.2, 0.25) is 0 Å². The second-order valence-corrected chi connectivity index (χ2v) is 16.8. The smallest absolute Gasteiger partial charge is 0.161 e. The van der Waals surface area contributed by atoms with Crippen LogP contribution in [0.1, 0.15) is 136 Å². The zero-order valence-corrected chi connectivity index (χ0v) is 34.6. The number of aliphatic hydroxyl groups excluding tert-OH is 1. The first-order valence-electron chi connectivity index (χ1n) is 21.4. The molecule has 3 aliphatic rings. The van der Waals surface area contributed by atoms with Crippen molar-refractivity contribution in [3.05, 3.63) is 124 Å². The third kappa shape index (κ3) is 11.5. The number of ether oxygens (including phenoxy) is 1. The number of aliphatic hydroxyl groups is 1. The van der Waals surface area contributed by atoms with E-state index in [1.165, 1.54) is 25.7 Å². The van der Waals surface area contributed by atoms with Crippen molar-refractivity contribution in [3.63, 3.8) is 0 Å². The molecule has 7 N–H and O–H groups in total. The summed E-state index contributed by atoms with van der Waals surface area (Å²) < 4.78 is 6.09. The Morgan fingerprint density at radius 2 is 1.83 bits per heavy atom. The fraction of sp³-hybridized carbons (Fsp3) is 0.440. The maximum atomic E-state index is 13.7. The molecule has 1 heterocycles. The van der Waals surface area contributed by atoms with E-state index in [9.17, 15) is 25.2 Å². The van der Waals surface area contributed by atoms with Crippen LogP contribution in [0.4, 0.5) is 0 Å². The molecule has 9 nitrogen and oxygen atoms in total.